The second-order valence-corrected chi connectivity index (χ2v) is 5.92. The Labute approximate surface area is 133 Å². The van der Waals surface area contributed by atoms with E-state index >= 15 is 0 Å². The monoisotopic (exact) mass is 351 g/mol. The molecule has 0 saturated heterocycles. The number of hydrogen-bond acceptors (Lipinski definition) is 2. The quantitative estimate of drug-likeness (QED) is 0.861. The predicted octanol–water partition coefficient (Wildman–Crippen LogP) is 4.41. The summed E-state index contributed by atoms with van der Waals surface area (Å²) in [4.78, 5) is 0. The van der Waals surface area contributed by atoms with Gasteiger partial charge in [0.1, 0.15) is 11.6 Å². The largest absolute Gasteiger partial charge is 0.497 e. The highest BCUT2D eigenvalue weighted by atomic mass is 79.9. The molecule has 0 saturated carbocycles. The number of methoxy groups -OCH3 is 1. The molecular weight excluding hydrogens is 333 g/mol. The Bertz CT molecular complexity index is 610. The van der Waals surface area contributed by atoms with Crippen LogP contribution in [0.1, 0.15) is 22.7 Å². The summed E-state index contributed by atoms with van der Waals surface area (Å²) in [6, 6.07) is 11.1. The van der Waals surface area contributed by atoms with Crippen molar-refractivity contribution in [3.8, 4) is 5.75 Å². The molecule has 2 rings (SSSR count). The maximum absolute atomic E-state index is 13.6. The van der Waals surface area contributed by atoms with Gasteiger partial charge in [0, 0.05) is 10.5 Å². The molecular formula is C17H19BrFNO. The highest BCUT2D eigenvalue weighted by Crippen LogP contribution is 2.28. The molecule has 1 atom stereocenters. The van der Waals surface area contributed by atoms with E-state index in [2.05, 4.69) is 21.2 Å². The van der Waals surface area contributed by atoms with Gasteiger partial charge < -0.3 is 10.1 Å². The van der Waals surface area contributed by atoms with Crippen molar-refractivity contribution in [2.75, 3.05) is 14.2 Å². The zero-order chi connectivity index (χ0) is 15.4. The Morgan fingerprint density at radius 2 is 2.00 bits per heavy atom. The van der Waals surface area contributed by atoms with Crippen LogP contribution in [0.3, 0.4) is 0 Å². The highest BCUT2D eigenvalue weighted by Gasteiger charge is 2.14. The Morgan fingerprint density at radius 3 is 2.62 bits per heavy atom. The first-order chi connectivity index (χ1) is 10.0. The molecule has 4 heteroatoms. The topological polar surface area (TPSA) is 21.3 Å². The van der Waals surface area contributed by atoms with Crippen LogP contribution in [0.5, 0.6) is 5.75 Å². The zero-order valence-electron chi connectivity index (χ0n) is 12.4. The van der Waals surface area contributed by atoms with Crippen LogP contribution in [-0.2, 0) is 6.42 Å². The van der Waals surface area contributed by atoms with Crippen LogP contribution in [0.15, 0.2) is 40.9 Å². The number of halogens is 2. The standard InChI is InChI=1S/C17H19BrFNO/c1-11-6-13(8-14(19)7-11)17(20-2)10-12-9-15(21-3)4-5-16(12)18/h4-9,17,20H,10H2,1-3H3. The SMILES string of the molecule is CNC(Cc1cc(OC)ccc1Br)c1cc(C)cc(F)c1. The summed E-state index contributed by atoms with van der Waals surface area (Å²) in [6.45, 7) is 1.90. The summed E-state index contributed by atoms with van der Waals surface area (Å²) in [7, 11) is 3.54. The molecule has 0 fully saturated rings. The summed E-state index contributed by atoms with van der Waals surface area (Å²) in [5.74, 6) is 0.619. The van der Waals surface area contributed by atoms with E-state index in [1.165, 1.54) is 6.07 Å². The third-order valence-corrected chi connectivity index (χ3v) is 4.27. The van der Waals surface area contributed by atoms with Crippen LogP contribution in [0.4, 0.5) is 4.39 Å². The average molecular weight is 352 g/mol. The van der Waals surface area contributed by atoms with Gasteiger partial charge in [0.15, 0.2) is 0 Å². The number of hydrogen-bond donors (Lipinski definition) is 1. The third kappa shape index (κ3) is 4.05. The fraction of sp³-hybridized carbons (Fsp3) is 0.294. The van der Waals surface area contributed by atoms with Crippen molar-refractivity contribution < 1.29 is 9.13 Å². The minimum Gasteiger partial charge on any atom is -0.497 e. The first kappa shape index (κ1) is 16.0. The number of likely N-dealkylation sites (N-methyl/N-ethyl adjacent to an activating group) is 1. The third-order valence-electron chi connectivity index (χ3n) is 3.49. The molecule has 0 aliphatic rings. The lowest BCUT2D eigenvalue weighted by Gasteiger charge is -2.19. The number of rotatable bonds is 5. The van der Waals surface area contributed by atoms with Gasteiger partial charge in [-0.1, -0.05) is 22.0 Å². The van der Waals surface area contributed by atoms with Gasteiger partial charge in [-0.05, 0) is 67.4 Å². The fourth-order valence-corrected chi connectivity index (χ4v) is 2.82. The molecule has 1 N–H and O–H groups in total. The molecule has 0 spiro atoms. The van der Waals surface area contributed by atoms with Crippen molar-refractivity contribution in [3.63, 3.8) is 0 Å². The van der Waals surface area contributed by atoms with E-state index in [1.807, 2.05) is 38.2 Å². The first-order valence-corrected chi connectivity index (χ1v) is 7.59. The van der Waals surface area contributed by atoms with Crippen LogP contribution in [0, 0.1) is 12.7 Å². The second kappa shape index (κ2) is 7.05. The molecule has 21 heavy (non-hydrogen) atoms. The lowest BCUT2D eigenvalue weighted by atomic mass is 9.97. The lowest BCUT2D eigenvalue weighted by molar-refractivity contribution is 0.413. The molecule has 0 aliphatic heterocycles. The van der Waals surface area contributed by atoms with Gasteiger partial charge >= 0.3 is 0 Å². The molecule has 0 radical (unpaired) electrons. The van der Waals surface area contributed by atoms with Crippen molar-refractivity contribution in [1.82, 2.24) is 5.32 Å². The molecule has 0 aliphatic carbocycles. The maximum Gasteiger partial charge on any atom is 0.123 e. The highest BCUT2D eigenvalue weighted by molar-refractivity contribution is 9.10. The number of aryl methyl sites for hydroxylation is 1. The van der Waals surface area contributed by atoms with E-state index in [4.69, 9.17) is 4.74 Å². The normalized spacial score (nSPS) is 12.2. The zero-order valence-corrected chi connectivity index (χ0v) is 14.0. The van der Waals surface area contributed by atoms with E-state index in [1.54, 1.807) is 13.2 Å². The first-order valence-electron chi connectivity index (χ1n) is 6.80. The minimum absolute atomic E-state index is 0.0443. The Hall–Kier alpha value is -1.39. The van der Waals surface area contributed by atoms with Crippen LogP contribution < -0.4 is 10.1 Å². The van der Waals surface area contributed by atoms with Gasteiger partial charge in [-0.3, -0.25) is 0 Å². The fourth-order valence-electron chi connectivity index (χ4n) is 2.41. The molecule has 0 heterocycles. The number of ether oxygens (including phenoxy) is 1. The molecule has 0 amide bonds. The van der Waals surface area contributed by atoms with Gasteiger partial charge in [-0.2, -0.15) is 0 Å². The summed E-state index contributed by atoms with van der Waals surface area (Å²) in [5.41, 5.74) is 3.00. The number of nitrogens with one attached hydrogen (secondary N) is 1. The molecule has 2 aromatic carbocycles. The maximum atomic E-state index is 13.6. The van der Waals surface area contributed by atoms with E-state index in [9.17, 15) is 4.39 Å². The second-order valence-electron chi connectivity index (χ2n) is 5.06. The van der Waals surface area contributed by atoms with Gasteiger partial charge in [0.25, 0.3) is 0 Å². The summed E-state index contributed by atoms with van der Waals surface area (Å²) >= 11 is 3.56. The van der Waals surface area contributed by atoms with Crippen molar-refractivity contribution in [2.45, 2.75) is 19.4 Å². The summed E-state index contributed by atoms with van der Waals surface area (Å²) < 4.78 is 19.9. The lowest BCUT2D eigenvalue weighted by Crippen LogP contribution is -2.19. The van der Waals surface area contributed by atoms with Gasteiger partial charge in [-0.25, -0.2) is 4.39 Å². The van der Waals surface area contributed by atoms with Crippen LogP contribution in [0.25, 0.3) is 0 Å². The van der Waals surface area contributed by atoms with Gasteiger partial charge in [-0.15, -0.1) is 0 Å². The van der Waals surface area contributed by atoms with E-state index in [-0.39, 0.29) is 11.9 Å². The van der Waals surface area contributed by atoms with E-state index in [0.29, 0.717) is 0 Å². The van der Waals surface area contributed by atoms with Crippen LogP contribution in [-0.4, -0.2) is 14.2 Å². The molecule has 0 aromatic heterocycles. The molecule has 112 valence electrons. The van der Waals surface area contributed by atoms with Crippen LogP contribution >= 0.6 is 15.9 Å². The summed E-state index contributed by atoms with van der Waals surface area (Å²) in [6.07, 6.45) is 0.747. The van der Waals surface area contributed by atoms with Crippen LogP contribution in [0.2, 0.25) is 0 Å². The molecule has 2 nitrogen and oxygen atoms in total. The Kier molecular flexibility index (Phi) is 5.37. The van der Waals surface area contributed by atoms with E-state index in [0.717, 1.165) is 33.3 Å². The van der Waals surface area contributed by atoms with E-state index < -0.39 is 0 Å². The van der Waals surface area contributed by atoms with Crippen molar-refractivity contribution >= 4 is 15.9 Å². The smallest absolute Gasteiger partial charge is 0.123 e. The molecule has 0 bridgehead atoms. The molecule has 2 aromatic rings. The van der Waals surface area contributed by atoms with Gasteiger partial charge in [0.2, 0.25) is 0 Å². The molecule has 1 unspecified atom stereocenters. The Balaban J connectivity index is 2.30. The number of benzene rings is 2. The van der Waals surface area contributed by atoms with Gasteiger partial charge in [0.05, 0.1) is 7.11 Å². The summed E-state index contributed by atoms with van der Waals surface area (Å²) in [5, 5.41) is 3.26. The average Bonchev–Trinajstić information content (AvgIpc) is 2.45. The Morgan fingerprint density at radius 1 is 1.24 bits per heavy atom. The minimum atomic E-state index is -0.199. The van der Waals surface area contributed by atoms with Crippen molar-refractivity contribution in [1.29, 1.82) is 0 Å². The van der Waals surface area contributed by atoms with Crippen molar-refractivity contribution in [2.24, 2.45) is 0 Å². The predicted molar refractivity (Wildman–Crippen MR) is 87.3 cm³/mol. The van der Waals surface area contributed by atoms with Crippen molar-refractivity contribution in [3.05, 3.63) is 63.4 Å².